The fourth-order valence-electron chi connectivity index (χ4n) is 2.88. The zero-order chi connectivity index (χ0) is 16.4. The Morgan fingerprint density at radius 1 is 1.09 bits per heavy atom. The van der Waals surface area contributed by atoms with E-state index >= 15 is 0 Å². The summed E-state index contributed by atoms with van der Waals surface area (Å²) in [5.41, 5.74) is 2.98. The summed E-state index contributed by atoms with van der Waals surface area (Å²) in [5.74, 6) is 0.0484. The number of benzene rings is 2. The van der Waals surface area contributed by atoms with Gasteiger partial charge in [0, 0.05) is 36.9 Å². The second kappa shape index (κ2) is 6.29. The molecule has 0 spiro atoms. The van der Waals surface area contributed by atoms with Crippen LogP contribution < -0.4 is 0 Å². The van der Waals surface area contributed by atoms with E-state index in [0.717, 1.165) is 16.6 Å². The van der Waals surface area contributed by atoms with Crippen LogP contribution in [0.15, 0.2) is 60.8 Å². The predicted molar refractivity (Wildman–Crippen MR) is 94.6 cm³/mol. The van der Waals surface area contributed by atoms with Crippen molar-refractivity contribution in [3.05, 3.63) is 71.9 Å². The first-order valence-corrected chi connectivity index (χ1v) is 7.96. The Morgan fingerprint density at radius 3 is 2.52 bits per heavy atom. The maximum absolute atomic E-state index is 12.7. The standard InChI is InChI=1S/C20H22N2O/c1-15(2)22-12-11-17-9-10-18(13-19(17)22)20(23)21(3)14-16-7-5-4-6-8-16/h4-13,15H,14H2,1-3H3. The fourth-order valence-corrected chi connectivity index (χ4v) is 2.88. The highest BCUT2D eigenvalue weighted by atomic mass is 16.2. The quantitative estimate of drug-likeness (QED) is 0.697. The van der Waals surface area contributed by atoms with Crippen molar-refractivity contribution in [1.29, 1.82) is 0 Å². The monoisotopic (exact) mass is 306 g/mol. The maximum Gasteiger partial charge on any atom is 0.253 e. The second-order valence-corrected chi connectivity index (χ2v) is 6.24. The first kappa shape index (κ1) is 15.3. The van der Waals surface area contributed by atoms with Gasteiger partial charge in [0.1, 0.15) is 0 Å². The number of amides is 1. The van der Waals surface area contributed by atoms with Crippen molar-refractivity contribution in [1.82, 2.24) is 9.47 Å². The lowest BCUT2D eigenvalue weighted by Crippen LogP contribution is -2.26. The summed E-state index contributed by atoms with van der Waals surface area (Å²) in [6, 6.07) is 18.5. The molecule has 0 aliphatic carbocycles. The highest BCUT2D eigenvalue weighted by Crippen LogP contribution is 2.22. The Kier molecular flexibility index (Phi) is 4.20. The number of nitrogens with zero attached hydrogens (tertiary/aromatic N) is 2. The lowest BCUT2D eigenvalue weighted by Gasteiger charge is -2.18. The van der Waals surface area contributed by atoms with E-state index in [9.17, 15) is 4.79 Å². The van der Waals surface area contributed by atoms with Crippen molar-refractivity contribution in [2.75, 3.05) is 7.05 Å². The molecule has 118 valence electrons. The van der Waals surface area contributed by atoms with Crippen molar-refractivity contribution >= 4 is 16.8 Å². The predicted octanol–water partition coefficient (Wildman–Crippen LogP) is 4.49. The second-order valence-electron chi connectivity index (χ2n) is 6.24. The van der Waals surface area contributed by atoms with E-state index in [0.29, 0.717) is 12.6 Å². The summed E-state index contributed by atoms with van der Waals surface area (Å²) in [6.07, 6.45) is 2.08. The first-order chi connectivity index (χ1) is 11.1. The zero-order valence-corrected chi connectivity index (χ0v) is 13.9. The molecule has 0 radical (unpaired) electrons. The first-order valence-electron chi connectivity index (χ1n) is 7.96. The van der Waals surface area contributed by atoms with Gasteiger partial charge in [0.05, 0.1) is 0 Å². The van der Waals surface area contributed by atoms with Crippen LogP contribution in [-0.4, -0.2) is 22.4 Å². The van der Waals surface area contributed by atoms with E-state index in [2.05, 4.69) is 30.7 Å². The van der Waals surface area contributed by atoms with Crippen molar-refractivity contribution in [2.24, 2.45) is 0 Å². The molecule has 0 N–H and O–H groups in total. The van der Waals surface area contributed by atoms with Crippen molar-refractivity contribution in [3.8, 4) is 0 Å². The highest BCUT2D eigenvalue weighted by molar-refractivity contribution is 5.98. The Morgan fingerprint density at radius 2 is 1.83 bits per heavy atom. The van der Waals surface area contributed by atoms with E-state index in [1.54, 1.807) is 4.90 Å². The van der Waals surface area contributed by atoms with Crippen LogP contribution in [0, 0.1) is 0 Å². The minimum atomic E-state index is 0.0484. The van der Waals surface area contributed by atoms with Gasteiger partial charge in [-0.15, -0.1) is 0 Å². The van der Waals surface area contributed by atoms with Gasteiger partial charge in [-0.1, -0.05) is 36.4 Å². The smallest absolute Gasteiger partial charge is 0.253 e. The van der Waals surface area contributed by atoms with E-state index in [1.165, 1.54) is 5.39 Å². The SMILES string of the molecule is CC(C)n1ccc2ccc(C(=O)N(C)Cc3ccccc3)cc21. The molecule has 0 fully saturated rings. The van der Waals surface area contributed by atoms with Gasteiger partial charge in [0.2, 0.25) is 0 Å². The molecule has 0 bridgehead atoms. The van der Waals surface area contributed by atoms with Crippen molar-refractivity contribution in [3.63, 3.8) is 0 Å². The number of hydrogen-bond donors (Lipinski definition) is 0. The molecule has 1 aromatic heterocycles. The van der Waals surface area contributed by atoms with Gasteiger partial charge >= 0.3 is 0 Å². The number of hydrogen-bond acceptors (Lipinski definition) is 1. The third kappa shape index (κ3) is 3.14. The highest BCUT2D eigenvalue weighted by Gasteiger charge is 2.14. The van der Waals surface area contributed by atoms with Gasteiger partial charge < -0.3 is 9.47 Å². The number of carbonyl (C=O) groups is 1. The molecular weight excluding hydrogens is 284 g/mol. The van der Waals surface area contributed by atoms with E-state index < -0.39 is 0 Å². The maximum atomic E-state index is 12.7. The number of carbonyl (C=O) groups excluding carboxylic acids is 1. The average Bonchev–Trinajstić information content (AvgIpc) is 2.98. The summed E-state index contributed by atoms with van der Waals surface area (Å²) in [5, 5.41) is 1.17. The molecule has 2 aromatic carbocycles. The third-order valence-electron chi connectivity index (χ3n) is 4.14. The number of fused-ring (bicyclic) bond motifs is 1. The van der Waals surface area contributed by atoms with Crippen LogP contribution in [-0.2, 0) is 6.54 Å². The van der Waals surface area contributed by atoms with Gasteiger partial charge in [-0.2, -0.15) is 0 Å². The minimum absolute atomic E-state index is 0.0484. The molecule has 0 unspecified atom stereocenters. The van der Waals surface area contributed by atoms with E-state index in [4.69, 9.17) is 0 Å². The molecule has 0 saturated carbocycles. The van der Waals surface area contributed by atoms with Gasteiger partial charge in [-0.3, -0.25) is 4.79 Å². The molecule has 0 aliphatic rings. The Labute approximate surface area is 137 Å². The number of rotatable bonds is 4. The van der Waals surface area contributed by atoms with Crippen molar-refractivity contribution < 1.29 is 4.79 Å². The normalized spacial score (nSPS) is 11.1. The lowest BCUT2D eigenvalue weighted by atomic mass is 10.1. The van der Waals surface area contributed by atoms with Gasteiger partial charge in [-0.25, -0.2) is 0 Å². The summed E-state index contributed by atoms with van der Waals surface area (Å²) in [4.78, 5) is 14.5. The Balaban J connectivity index is 1.86. The molecule has 23 heavy (non-hydrogen) atoms. The number of aromatic nitrogens is 1. The summed E-state index contributed by atoms with van der Waals surface area (Å²) < 4.78 is 2.20. The minimum Gasteiger partial charge on any atom is -0.345 e. The summed E-state index contributed by atoms with van der Waals surface area (Å²) in [7, 11) is 1.85. The molecule has 3 nitrogen and oxygen atoms in total. The van der Waals surface area contributed by atoms with Crippen LogP contribution in [0.4, 0.5) is 0 Å². The topological polar surface area (TPSA) is 25.2 Å². The molecule has 3 heteroatoms. The van der Waals surface area contributed by atoms with Crippen LogP contribution in [0.5, 0.6) is 0 Å². The van der Waals surface area contributed by atoms with E-state index in [1.807, 2.05) is 55.6 Å². The van der Waals surface area contributed by atoms with Crippen molar-refractivity contribution in [2.45, 2.75) is 26.4 Å². The van der Waals surface area contributed by atoms with Crippen LogP contribution in [0.2, 0.25) is 0 Å². The summed E-state index contributed by atoms with van der Waals surface area (Å²) in [6.45, 7) is 4.91. The molecule has 3 rings (SSSR count). The molecular formula is C20H22N2O. The van der Waals surface area contributed by atoms with Gasteiger partial charge in [0.25, 0.3) is 5.91 Å². The van der Waals surface area contributed by atoms with Crippen LogP contribution >= 0.6 is 0 Å². The molecule has 1 amide bonds. The zero-order valence-electron chi connectivity index (χ0n) is 13.9. The lowest BCUT2D eigenvalue weighted by molar-refractivity contribution is 0.0785. The summed E-state index contributed by atoms with van der Waals surface area (Å²) >= 11 is 0. The van der Waals surface area contributed by atoms with E-state index in [-0.39, 0.29) is 5.91 Å². The Hall–Kier alpha value is -2.55. The molecule has 0 aliphatic heterocycles. The molecule has 1 heterocycles. The average molecular weight is 306 g/mol. The largest absolute Gasteiger partial charge is 0.345 e. The fraction of sp³-hybridized carbons (Fsp3) is 0.250. The van der Waals surface area contributed by atoms with Gasteiger partial charge in [0.15, 0.2) is 0 Å². The van der Waals surface area contributed by atoms with Crippen LogP contribution in [0.1, 0.15) is 35.8 Å². The molecule has 3 aromatic rings. The van der Waals surface area contributed by atoms with Crippen LogP contribution in [0.25, 0.3) is 10.9 Å². The van der Waals surface area contributed by atoms with Gasteiger partial charge in [-0.05, 0) is 43.0 Å². The molecule has 0 atom stereocenters. The van der Waals surface area contributed by atoms with Crippen LogP contribution in [0.3, 0.4) is 0 Å². The Bertz CT molecular complexity index is 818. The third-order valence-corrected chi connectivity index (χ3v) is 4.14. The molecule has 0 saturated heterocycles.